The van der Waals surface area contributed by atoms with Gasteiger partial charge in [-0.1, -0.05) is 35.9 Å². The van der Waals surface area contributed by atoms with Crippen molar-refractivity contribution in [3.05, 3.63) is 63.1 Å². The average Bonchev–Trinajstić information content (AvgIpc) is 2.43. The zero-order chi connectivity index (χ0) is 14.5. The Bertz CT molecular complexity index is 571. The first kappa shape index (κ1) is 15.4. The van der Waals surface area contributed by atoms with Crippen molar-refractivity contribution in [1.29, 1.82) is 0 Å². The van der Waals surface area contributed by atoms with E-state index >= 15 is 0 Å². The fourth-order valence-corrected chi connectivity index (χ4v) is 2.57. The summed E-state index contributed by atoms with van der Waals surface area (Å²) in [6.07, 6.45) is 0.923. The molecule has 0 radical (unpaired) electrons. The monoisotopic (exact) mass is 353 g/mol. The lowest BCUT2D eigenvalue weighted by molar-refractivity contribution is 0.455. The van der Waals surface area contributed by atoms with E-state index in [1.165, 1.54) is 5.56 Å². The fraction of sp³-hybridized carbons (Fsp3) is 0.250. The number of aromatic hydroxyl groups is 1. The van der Waals surface area contributed by atoms with Crippen molar-refractivity contribution in [3.8, 4) is 5.75 Å². The van der Waals surface area contributed by atoms with Crippen LogP contribution in [0, 0.1) is 0 Å². The number of halogens is 2. The predicted molar refractivity (Wildman–Crippen MR) is 87.3 cm³/mol. The summed E-state index contributed by atoms with van der Waals surface area (Å²) in [6.45, 7) is 2.77. The third kappa shape index (κ3) is 4.23. The van der Waals surface area contributed by atoms with Crippen molar-refractivity contribution >= 4 is 27.5 Å². The SMILES string of the molecule is CC(Cc1ccc(Cl)cc1)NCc1cccc(Br)c1O. The van der Waals surface area contributed by atoms with Gasteiger partial charge in [0.25, 0.3) is 0 Å². The maximum atomic E-state index is 9.93. The summed E-state index contributed by atoms with van der Waals surface area (Å²) in [6, 6.07) is 13.9. The first-order valence-corrected chi connectivity index (χ1v) is 7.67. The normalized spacial score (nSPS) is 12.3. The van der Waals surface area contributed by atoms with Crippen molar-refractivity contribution in [2.45, 2.75) is 25.9 Å². The lowest BCUT2D eigenvalue weighted by atomic mass is 10.1. The van der Waals surface area contributed by atoms with Crippen LogP contribution in [0.4, 0.5) is 0 Å². The van der Waals surface area contributed by atoms with Crippen LogP contribution in [0.1, 0.15) is 18.1 Å². The second-order valence-corrected chi connectivity index (χ2v) is 6.15. The number of para-hydroxylation sites is 1. The number of rotatable bonds is 5. The van der Waals surface area contributed by atoms with E-state index in [9.17, 15) is 5.11 Å². The van der Waals surface area contributed by atoms with Gasteiger partial charge in [-0.25, -0.2) is 0 Å². The van der Waals surface area contributed by atoms with Crippen LogP contribution in [0.25, 0.3) is 0 Å². The lowest BCUT2D eigenvalue weighted by Crippen LogP contribution is -2.27. The summed E-state index contributed by atoms with van der Waals surface area (Å²) in [4.78, 5) is 0. The summed E-state index contributed by atoms with van der Waals surface area (Å²) in [5.41, 5.74) is 2.13. The van der Waals surface area contributed by atoms with E-state index in [2.05, 4.69) is 28.2 Å². The molecule has 2 N–H and O–H groups in total. The standard InChI is InChI=1S/C16H17BrClNO/c1-11(9-12-5-7-14(18)8-6-12)19-10-13-3-2-4-15(17)16(13)20/h2-8,11,19-20H,9-10H2,1H3. The summed E-state index contributed by atoms with van der Waals surface area (Å²) in [5, 5.41) is 14.1. The molecule has 1 unspecified atom stereocenters. The first-order valence-electron chi connectivity index (χ1n) is 6.50. The molecule has 0 fully saturated rings. The molecular formula is C16H17BrClNO. The van der Waals surface area contributed by atoms with Crippen LogP contribution in [0.2, 0.25) is 5.02 Å². The lowest BCUT2D eigenvalue weighted by Gasteiger charge is -2.15. The van der Waals surface area contributed by atoms with Gasteiger partial charge in [0, 0.05) is 23.2 Å². The van der Waals surface area contributed by atoms with Crippen LogP contribution < -0.4 is 5.32 Å². The van der Waals surface area contributed by atoms with E-state index < -0.39 is 0 Å². The maximum Gasteiger partial charge on any atom is 0.134 e. The minimum Gasteiger partial charge on any atom is -0.506 e. The van der Waals surface area contributed by atoms with Gasteiger partial charge in [-0.15, -0.1) is 0 Å². The van der Waals surface area contributed by atoms with Crippen LogP contribution in [0.5, 0.6) is 5.75 Å². The Morgan fingerprint density at radius 3 is 2.60 bits per heavy atom. The Hall–Kier alpha value is -1.03. The summed E-state index contributed by atoms with van der Waals surface area (Å²) in [5.74, 6) is 0.304. The largest absolute Gasteiger partial charge is 0.506 e. The second-order valence-electron chi connectivity index (χ2n) is 4.86. The predicted octanol–water partition coefficient (Wildman–Crippen LogP) is 4.53. The highest BCUT2D eigenvalue weighted by molar-refractivity contribution is 9.10. The molecule has 0 bridgehead atoms. The zero-order valence-corrected chi connectivity index (χ0v) is 13.6. The van der Waals surface area contributed by atoms with Gasteiger partial charge in [0.15, 0.2) is 0 Å². The van der Waals surface area contributed by atoms with E-state index in [1.54, 1.807) is 0 Å². The zero-order valence-electron chi connectivity index (χ0n) is 11.2. The number of nitrogens with one attached hydrogen (secondary N) is 1. The molecule has 2 aromatic carbocycles. The van der Waals surface area contributed by atoms with Gasteiger partial charge in [-0.3, -0.25) is 0 Å². The maximum absolute atomic E-state index is 9.93. The quantitative estimate of drug-likeness (QED) is 0.827. The molecule has 106 valence electrons. The molecule has 0 aliphatic heterocycles. The Morgan fingerprint density at radius 2 is 1.90 bits per heavy atom. The van der Waals surface area contributed by atoms with Crippen LogP contribution in [0.15, 0.2) is 46.9 Å². The molecule has 0 aromatic heterocycles. The van der Waals surface area contributed by atoms with Gasteiger partial charge in [-0.2, -0.15) is 0 Å². The molecule has 2 aromatic rings. The summed E-state index contributed by atoms with van der Waals surface area (Å²) < 4.78 is 0.724. The number of phenolic OH excluding ortho intramolecular Hbond substituents is 1. The summed E-state index contributed by atoms with van der Waals surface area (Å²) >= 11 is 9.20. The number of hydrogen-bond acceptors (Lipinski definition) is 2. The molecule has 2 rings (SSSR count). The molecule has 0 heterocycles. The highest BCUT2D eigenvalue weighted by atomic mass is 79.9. The minimum absolute atomic E-state index is 0.304. The summed E-state index contributed by atoms with van der Waals surface area (Å²) in [7, 11) is 0. The number of hydrogen-bond donors (Lipinski definition) is 2. The van der Waals surface area contributed by atoms with Gasteiger partial charge in [0.05, 0.1) is 4.47 Å². The molecule has 2 nitrogen and oxygen atoms in total. The van der Waals surface area contributed by atoms with Crippen molar-refractivity contribution in [3.63, 3.8) is 0 Å². The molecule has 0 aliphatic rings. The van der Waals surface area contributed by atoms with Crippen molar-refractivity contribution in [2.24, 2.45) is 0 Å². The van der Waals surface area contributed by atoms with Gasteiger partial charge in [0.1, 0.15) is 5.75 Å². The second kappa shape index (κ2) is 7.11. The van der Waals surface area contributed by atoms with Crippen molar-refractivity contribution in [1.82, 2.24) is 5.32 Å². The van der Waals surface area contributed by atoms with Crippen LogP contribution in [-0.4, -0.2) is 11.1 Å². The molecule has 0 saturated heterocycles. The smallest absolute Gasteiger partial charge is 0.134 e. The first-order chi connectivity index (χ1) is 9.56. The van der Waals surface area contributed by atoms with Gasteiger partial charge in [0.2, 0.25) is 0 Å². The third-order valence-corrected chi connectivity index (χ3v) is 4.06. The molecule has 0 amide bonds. The van der Waals surface area contributed by atoms with E-state index in [-0.39, 0.29) is 0 Å². The molecule has 0 spiro atoms. The molecular weight excluding hydrogens is 338 g/mol. The average molecular weight is 355 g/mol. The van der Waals surface area contributed by atoms with Gasteiger partial charge < -0.3 is 10.4 Å². The minimum atomic E-state index is 0.304. The van der Waals surface area contributed by atoms with E-state index in [1.807, 2.05) is 42.5 Å². The van der Waals surface area contributed by atoms with Crippen molar-refractivity contribution < 1.29 is 5.11 Å². The topological polar surface area (TPSA) is 32.3 Å². The van der Waals surface area contributed by atoms with E-state index in [0.717, 1.165) is 21.5 Å². The molecule has 0 aliphatic carbocycles. The Balaban J connectivity index is 1.90. The molecule has 20 heavy (non-hydrogen) atoms. The third-order valence-electron chi connectivity index (χ3n) is 3.17. The highest BCUT2D eigenvalue weighted by Gasteiger charge is 2.07. The highest BCUT2D eigenvalue weighted by Crippen LogP contribution is 2.27. The van der Waals surface area contributed by atoms with Gasteiger partial charge >= 0.3 is 0 Å². The molecule has 4 heteroatoms. The van der Waals surface area contributed by atoms with Gasteiger partial charge in [-0.05, 0) is 53.0 Å². The van der Waals surface area contributed by atoms with Crippen LogP contribution in [0.3, 0.4) is 0 Å². The Morgan fingerprint density at radius 1 is 1.20 bits per heavy atom. The van der Waals surface area contributed by atoms with E-state index in [4.69, 9.17) is 11.6 Å². The Labute approximate surface area is 132 Å². The van der Waals surface area contributed by atoms with Crippen molar-refractivity contribution in [2.75, 3.05) is 0 Å². The molecule has 0 saturated carbocycles. The van der Waals surface area contributed by atoms with E-state index in [0.29, 0.717) is 18.3 Å². The van der Waals surface area contributed by atoms with Crippen LogP contribution >= 0.6 is 27.5 Å². The van der Waals surface area contributed by atoms with Crippen LogP contribution in [-0.2, 0) is 13.0 Å². The Kier molecular flexibility index (Phi) is 5.46. The molecule has 1 atom stereocenters. The number of phenols is 1. The number of benzene rings is 2. The fourth-order valence-electron chi connectivity index (χ4n) is 2.03.